The van der Waals surface area contributed by atoms with Gasteiger partial charge in [0, 0.05) is 13.0 Å². The Labute approximate surface area is 398 Å². The van der Waals surface area contributed by atoms with E-state index in [0.29, 0.717) is 0 Å². The van der Waals surface area contributed by atoms with E-state index >= 15 is 0 Å². The number of carbonyl (C=O) groups is 2. The van der Waals surface area contributed by atoms with Gasteiger partial charge in [0.2, 0.25) is 5.91 Å². The number of carboxylic acids is 1. The van der Waals surface area contributed by atoms with Crippen LogP contribution in [-0.2, 0) is 70.6 Å². The average Bonchev–Trinajstić information content (AvgIpc) is 2.84. The molecule has 1 aliphatic heterocycles. The summed E-state index contributed by atoms with van der Waals surface area (Å²) in [6, 6.07) is 2.46. The number of rotatable bonds is 14. The molecule has 250 valence electrons. The van der Waals surface area contributed by atoms with Gasteiger partial charge in [0.15, 0.2) is 11.5 Å². The van der Waals surface area contributed by atoms with Crippen molar-refractivity contribution in [3.05, 3.63) is 47.0 Å². The summed E-state index contributed by atoms with van der Waals surface area (Å²) in [5.41, 5.74) is -0.145. The van der Waals surface area contributed by atoms with Crippen LogP contribution in [0.1, 0.15) is 36.0 Å². The van der Waals surface area contributed by atoms with Gasteiger partial charge in [-0.25, -0.2) is 33.7 Å². The molecule has 0 radical (unpaired) electrons. The fourth-order valence-corrected chi connectivity index (χ4v) is 5.69. The average molecular weight is 832 g/mol. The summed E-state index contributed by atoms with van der Waals surface area (Å²) in [5, 5.41) is 11.9. The van der Waals surface area contributed by atoms with Crippen molar-refractivity contribution >= 4 is 53.5 Å². The summed E-state index contributed by atoms with van der Waals surface area (Å²) in [4.78, 5) is 25.7. The Kier molecular flexibility index (Phi) is 25.2. The zero-order valence-electron chi connectivity index (χ0n) is 27.0. The van der Waals surface area contributed by atoms with Gasteiger partial charge in [0.25, 0.3) is 41.6 Å². The van der Waals surface area contributed by atoms with Gasteiger partial charge in [-0.2, -0.15) is 0 Å². The van der Waals surface area contributed by atoms with Crippen molar-refractivity contribution in [2.24, 2.45) is 0 Å². The molecule has 0 spiro atoms. The number of aryl methyl sites for hydroxylation is 1. The van der Waals surface area contributed by atoms with E-state index in [9.17, 15) is 66.6 Å². The first-order valence-electron chi connectivity index (χ1n) is 11.9. The van der Waals surface area contributed by atoms with Gasteiger partial charge in [-0.1, -0.05) is 0 Å². The van der Waals surface area contributed by atoms with Crippen LogP contribution in [0, 0.1) is 0 Å². The summed E-state index contributed by atoms with van der Waals surface area (Å²) in [6.07, 6.45) is -1.10. The van der Waals surface area contributed by atoms with Crippen LogP contribution in [-0.4, -0.2) is 74.7 Å². The molecule has 0 N–H and O–H groups in total. The van der Waals surface area contributed by atoms with Gasteiger partial charge >= 0.3 is 148 Å². The van der Waals surface area contributed by atoms with Crippen LogP contribution < -0.4 is 170 Å². The van der Waals surface area contributed by atoms with E-state index in [1.165, 1.54) is 0 Å². The van der Waals surface area contributed by atoms with Crippen molar-refractivity contribution in [1.82, 2.24) is 4.90 Å². The number of carboxylic acid groups (broad SMARTS) is 1. The number of carbonyl (C=O) groups excluding carboxylic acids is 2. The maximum absolute atomic E-state index is 13.0. The van der Waals surface area contributed by atoms with Crippen molar-refractivity contribution in [1.29, 1.82) is 0 Å². The Morgan fingerprint density at radius 1 is 0.660 bits per heavy atom. The van der Waals surface area contributed by atoms with Crippen LogP contribution in [0.25, 0.3) is 0 Å². The zero-order valence-corrected chi connectivity index (χ0v) is 40.3. The monoisotopic (exact) mass is 831 g/mol. The first-order chi connectivity index (χ1) is 20.5. The molecule has 50 heavy (non-hydrogen) atoms. The minimum atomic E-state index is -5.52. The minimum absolute atomic E-state index is 0. The molecule has 0 saturated heterocycles. The van der Waals surface area contributed by atoms with E-state index in [0.717, 1.165) is 35.2 Å². The van der Waals surface area contributed by atoms with E-state index in [2.05, 4.69) is 16.7 Å². The molecule has 2 aromatic carbocycles. The molecule has 1 heterocycles. The number of amides is 1. The zero-order chi connectivity index (χ0) is 34.0. The number of nitrogens with zero attached hydrogens (tertiary/aromatic N) is 1. The quantitative estimate of drug-likeness (QED) is 0.0738. The Morgan fingerprint density at radius 3 is 1.58 bits per heavy atom. The van der Waals surface area contributed by atoms with Gasteiger partial charge in [-0.15, -0.1) is 0 Å². The molecule has 0 fully saturated rings. The smallest absolute Gasteiger partial charge is 0.716 e. The predicted molar refractivity (Wildman–Crippen MR) is 135 cm³/mol. The third kappa shape index (κ3) is 19.2. The van der Waals surface area contributed by atoms with Gasteiger partial charge < -0.3 is 49.7 Å². The second-order valence-electron chi connectivity index (χ2n) is 9.07. The molecule has 0 aromatic heterocycles. The van der Waals surface area contributed by atoms with Gasteiger partial charge in [-0.05, 0) is 72.7 Å². The number of unbranched alkanes of at least 4 members (excludes halogenated alkanes) is 1. The van der Waals surface area contributed by atoms with E-state index in [1.807, 2.05) is 0 Å². The normalized spacial score (nSPS) is 14.0. The van der Waals surface area contributed by atoms with Crippen molar-refractivity contribution in [2.45, 2.75) is 44.7 Å². The molecular formula is C21H18NNa5O19S4. The second-order valence-corrected chi connectivity index (χ2v) is 13.0. The van der Waals surface area contributed by atoms with Crippen LogP contribution >= 0.6 is 0 Å². The fraction of sp³-hybridized carbons (Fsp3) is 0.333. The predicted octanol–water partition coefficient (Wildman–Crippen LogP) is -17.5. The molecule has 0 aliphatic carbocycles. The number of hydrogen-bond donors (Lipinski definition) is 0. The van der Waals surface area contributed by atoms with Gasteiger partial charge in [0.1, 0.15) is 11.5 Å². The SMILES string of the molecule is O=C([O-])C1Cc2cc(OS(=O)(=O)[O-])c(OS(=O)(=O)[O-])cc2CN1C(=O)CCCCc1cc(OS(=O)(=O)[O-])ccc1OS(=O)(=O)[O-].[Na+].[Na+].[Na+].[Na+].[Na+]. The van der Waals surface area contributed by atoms with E-state index in [4.69, 9.17) is 0 Å². The molecule has 1 atom stereocenters. The maximum atomic E-state index is 13.0. The number of hydrogen-bond acceptors (Lipinski definition) is 19. The fourth-order valence-electron chi connectivity index (χ4n) is 4.26. The van der Waals surface area contributed by atoms with E-state index < -0.39 is 95.5 Å². The van der Waals surface area contributed by atoms with Gasteiger partial charge in [-0.3, -0.25) is 4.79 Å². The van der Waals surface area contributed by atoms with Crippen LogP contribution in [0.4, 0.5) is 0 Å². The van der Waals surface area contributed by atoms with Gasteiger partial charge in [0.05, 0.1) is 12.0 Å². The van der Waals surface area contributed by atoms with Crippen LogP contribution in [0.15, 0.2) is 30.3 Å². The molecule has 1 amide bonds. The van der Waals surface area contributed by atoms with Crippen molar-refractivity contribution in [3.8, 4) is 23.0 Å². The van der Waals surface area contributed by atoms with Crippen LogP contribution in [0.5, 0.6) is 23.0 Å². The molecule has 2 aromatic rings. The third-order valence-electron chi connectivity index (χ3n) is 5.88. The Morgan fingerprint density at radius 2 is 1.12 bits per heavy atom. The summed E-state index contributed by atoms with van der Waals surface area (Å²) in [6.45, 7) is -0.547. The first-order valence-corrected chi connectivity index (χ1v) is 17.2. The minimum Gasteiger partial charge on any atom is -0.716 e. The molecule has 20 nitrogen and oxygen atoms in total. The topological polar surface area (TPSA) is 326 Å². The largest absolute Gasteiger partial charge is 1.00 e. The molecule has 0 saturated carbocycles. The molecule has 0 bridgehead atoms. The second kappa shape index (κ2) is 22.7. The summed E-state index contributed by atoms with van der Waals surface area (Å²) in [7, 11) is -21.5. The molecule has 29 heteroatoms. The molecular weight excluding hydrogens is 813 g/mol. The third-order valence-corrected chi connectivity index (χ3v) is 7.43. The summed E-state index contributed by atoms with van der Waals surface area (Å²) in [5.74, 6) is -5.68. The Hall–Kier alpha value is 1.22. The first kappa shape index (κ1) is 55.6. The van der Waals surface area contributed by atoms with Crippen LogP contribution in [0.3, 0.4) is 0 Å². The molecule has 1 unspecified atom stereocenters. The standard InChI is InChI=1S/C21H23NO19S4.5Na/c23-20(4-2-1-3-12-7-15(38-42(26,27)28)5-6-17(12)39-43(29,30)31)22-11-14-10-19(41-45(35,36)37)18(40-44(32,33)34)9-13(14)8-16(22)21(24)25;;;;;/h5-7,9-10,16H,1-4,8,11H2,(H,24,25)(H,26,27,28)(H,29,30,31)(H,32,33,34)(H,35,36,37);;;;;/q;5*+1/p-5. The van der Waals surface area contributed by atoms with E-state index in [1.54, 1.807) is 0 Å². The summed E-state index contributed by atoms with van der Waals surface area (Å²) >= 11 is 0. The Balaban J connectivity index is -0.00000442. The number of fused-ring (bicyclic) bond motifs is 1. The Bertz CT molecular complexity index is 1940. The van der Waals surface area contributed by atoms with Crippen molar-refractivity contribution in [2.75, 3.05) is 0 Å². The van der Waals surface area contributed by atoms with Crippen LogP contribution in [0.2, 0.25) is 0 Å². The van der Waals surface area contributed by atoms with Crippen molar-refractivity contribution < 1.29 is 231 Å². The van der Waals surface area contributed by atoms with E-state index in [-0.39, 0.29) is 190 Å². The number of benzene rings is 2. The number of aliphatic carboxylic acids is 1. The molecule has 1 aliphatic rings. The van der Waals surface area contributed by atoms with Crippen molar-refractivity contribution in [3.63, 3.8) is 0 Å². The molecule has 3 rings (SSSR count). The summed E-state index contributed by atoms with van der Waals surface area (Å²) < 4.78 is 149. The maximum Gasteiger partial charge on any atom is 1.00 e.